The van der Waals surface area contributed by atoms with Crippen molar-refractivity contribution in [1.29, 1.82) is 0 Å². The predicted molar refractivity (Wildman–Crippen MR) is 99.2 cm³/mol. The molecule has 26 heavy (non-hydrogen) atoms. The number of carbonyl (C=O) groups is 2. The summed E-state index contributed by atoms with van der Waals surface area (Å²) in [5.41, 5.74) is 0.0446. The molecule has 7 nitrogen and oxygen atoms in total. The average molecular weight is 382 g/mol. The van der Waals surface area contributed by atoms with Gasteiger partial charge in [-0.25, -0.2) is 0 Å². The molecule has 0 saturated heterocycles. The minimum atomic E-state index is -0.711. The molecule has 1 aliphatic carbocycles. The highest BCUT2D eigenvalue weighted by Gasteiger charge is 2.33. The first kappa shape index (κ1) is 20.2. The lowest BCUT2D eigenvalue weighted by Crippen LogP contribution is -2.52. The van der Waals surface area contributed by atoms with Crippen molar-refractivity contribution >= 4 is 29.1 Å². The summed E-state index contributed by atoms with van der Waals surface area (Å²) in [6.07, 6.45) is 3.35. The number of nitrogens with zero attached hydrogens (tertiary/aromatic N) is 1. The number of benzene rings is 1. The van der Waals surface area contributed by atoms with E-state index in [0.717, 1.165) is 18.9 Å². The summed E-state index contributed by atoms with van der Waals surface area (Å²) in [5, 5.41) is 16.4. The van der Waals surface area contributed by atoms with Crippen LogP contribution in [0.1, 0.15) is 50.4 Å². The van der Waals surface area contributed by atoms with E-state index < -0.39 is 16.9 Å². The molecule has 1 aromatic rings. The Balaban J connectivity index is 2.05. The van der Waals surface area contributed by atoms with E-state index in [4.69, 9.17) is 11.6 Å². The first-order valence-electron chi connectivity index (χ1n) is 8.65. The summed E-state index contributed by atoms with van der Waals surface area (Å²) >= 11 is 5.99. The maximum absolute atomic E-state index is 12.5. The molecule has 1 atom stereocenters. The van der Waals surface area contributed by atoms with Gasteiger partial charge in [0.2, 0.25) is 5.91 Å². The summed E-state index contributed by atoms with van der Waals surface area (Å²) in [6, 6.07) is 2.92. The molecule has 1 fully saturated rings. The van der Waals surface area contributed by atoms with E-state index >= 15 is 0 Å². The van der Waals surface area contributed by atoms with Gasteiger partial charge in [0.25, 0.3) is 11.6 Å². The molecule has 2 rings (SSSR count). The third kappa shape index (κ3) is 4.72. The van der Waals surface area contributed by atoms with Gasteiger partial charge in [-0.2, -0.15) is 0 Å². The molecule has 0 bridgehead atoms. The highest BCUT2D eigenvalue weighted by atomic mass is 35.5. The minimum Gasteiger partial charge on any atom is -0.354 e. The van der Waals surface area contributed by atoms with Crippen LogP contribution in [0.3, 0.4) is 0 Å². The van der Waals surface area contributed by atoms with Crippen molar-refractivity contribution in [1.82, 2.24) is 10.6 Å². The Morgan fingerprint density at radius 2 is 2.00 bits per heavy atom. The lowest BCUT2D eigenvalue weighted by atomic mass is 9.70. The van der Waals surface area contributed by atoms with Crippen LogP contribution in [-0.4, -0.2) is 29.3 Å². The van der Waals surface area contributed by atoms with E-state index in [2.05, 4.69) is 17.6 Å². The fraction of sp³-hybridized carbons (Fsp3) is 0.556. The number of rotatable bonds is 7. The van der Waals surface area contributed by atoms with Gasteiger partial charge < -0.3 is 10.6 Å². The van der Waals surface area contributed by atoms with Crippen LogP contribution < -0.4 is 10.6 Å². The van der Waals surface area contributed by atoms with E-state index in [1.165, 1.54) is 18.6 Å². The molecule has 2 N–H and O–H groups in total. The molecule has 1 saturated carbocycles. The van der Waals surface area contributed by atoms with Crippen LogP contribution >= 0.6 is 11.6 Å². The molecule has 0 spiro atoms. The van der Waals surface area contributed by atoms with E-state index in [0.29, 0.717) is 6.54 Å². The van der Waals surface area contributed by atoms with Gasteiger partial charge in [0, 0.05) is 18.7 Å². The molecule has 1 aliphatic rings. The molecule has 0 radical (unpaired) electrons. The zero-order valence-corrected chi connectivity index (χ0v) is 15.9. The SMILES string of the molecule is CC(C)[C@@H](NC(=O)c1ccc([N+](=O)[O-])cc1Cl)C(=O)NCC1(C)CCC1. The third-order valence-corrected chi connectivity index (χ3v) is 5.21. The second-order valence-corrected chi connectivity index (χ2v) is 7.91. The van der Waals surface area contributed by atoms with Crippen molar-refractivity contribution in [3.8, 4) is 0 Å². The minimum absolute atomic E-state index is 0.0263. The van der Waals surface area contributed by atoms with Gasteiger partial charge in [0.1, 0.15) is 6.04 Å². The van der Waals surface area contributed by atoms with Crippen LogP contribution in [0, 0.1) is 21.4 Å². The Kier molecular flexibility index (Phi) is 6.23. The summed E-state index contributed by atoms with van der Waals surface area (Å²) in [7, 11) is 0. The second kappa shape index (κ2) is 8.03. The quantitative estimate of drug-likeness (QED) is 0.558. The molecule has 1 aromatic carbocycles. The van der Waals surface area contributed by atoms with Crippen molar-refractivity contribution in [3.05, 3.63) is 38.9 Å². The lowest BCUT2D eigenvalue weighted by molar-refractivity contribution is -0.384. The smallest absolute Gasteiger partial charge is 0.270 e. The van der Waals surface area contributed by atoms with Crippen molar-refractivity contribution in [2.75, 3.05) is 6.54 Å². The number of nitro benzene ring substituents is 1. The number of hydrogen-bond acceptors (Lipinski definition) is 4. The summed E-state index contributed by atoms with van der Waals surface area (Å²) < 4.78 is 0. The Hall–Kier alpha value is -2.15. The zero-order chi connectivity index (χ0) is 19.5. The summed E-state index contributed by atoms with van der Waals surface area (Å²) in [5.74, 6) is -0.891. The van der Waals surface area contributed by atoms with E-state index in [9.17, 15) is 19.7 Å². The van der Waals surface area contributed by atoms with Gasteiger partial charge in [0.15, 0.2) is 0 Å². The van der Waals surface area contributed by atoms with E-state index in [1.54, 1.807) is 0 Å². The Labute approximate surface area is 157 Å². The van der Waals surface area contributed by atoms with Crippen molar-refractivity contribution in [2.24, 2.45) is 11.3 Å². The summed E-state index contributed by atoms with van der Waals surface area (Å²) in [4.78, 5) is 35.2. The van der Waals surface area contributed by atoms with Crippen LogP contribution in [0.25, 0.3) is 0 Å². The Morgan fingerprint density at radius 3 is 2.46 bits per heavy atom. The van der Waals surface area contributed by atoms with Crippen LogP contribution in [0.5, 0.6) is 0 Å². The molecule has 8 heteroatoms. The van der Waals surface area contributed by atoms with Crippen LogP contribution in [0.15, 0.2) is 18.2 Å². The Bertz CT molecular complexity index is 716. The Morgan fingerprint density at radius 1 is 1.35 bits per heavy atom. The van der Waals surface area contributed by atoms with Crippen LogP contribution in [-0.2, 0) is 4.79 Å². The molecule has 2 amide bonds. The fourth-order valence-electron chi connectivity index (χ4n) is 2.92. The molecule has 142 valence electrons. The highest BCUT2D eigenvalue weighted by molar-refractivity contribution is 6.34. The monoisotopic (exact) mass is 381 g/mol. The number of hydrogen-bond donors (Lipinski definition) is 2. The topological polar surface area (TPSA) is 101 Å². The molecule has 0 unspecified atom stereocenters. The van der Waals surface area contributed by atoms with Crippen molar-refractivity contribution in [2.45, 2.75) is 46.1 Å². The first-order chi connectivity index (χ1) is 12.1. The number of non-ortho nitro benzene ring substituents is 1. The highest BCUT2D eigenvalue weighted by Crippen LogP contribution is 2.39. The molecule has 0 aromatic heterocycles. The third-order valence-electron chi connectivity index (χ3n) is 4.89. The molecule has 0 aliphatic heterocycles. The fourth-order valence-corrected chi connectivity index (χ4v) is 3.18. The standard InChI is InChI=1S/C18H24ClN3O4/c1-11(2)15(17(24)20-10-18(3)7-4-8-18)21-16(23)13-6-5-12(22(25)26)9-14(13)19/h5-6,9,11,15H,4,7-8,10H2,1-3H3,(H,20,24)(H,21,23)/t15-/m1/s1. The summed E-state index contributed by atoms with van der Waals surface area (Å²) in [6.45, 7) is 6.40. The second-order valence-electron chi connectivity index (χ2n) is 7.50. The molecular weight excluding hydrogens is 358 g/mol. The molecule has 0 heterocycles. The van der Waals surface area contributed by atoms with Gasteiger partial charge in [-0.05, 0) is 30.2 Å². The normalized spacial score (nSPS) is 16.5. The number of nitro groups is 1. The van der Waals surface area contributed by atoms with Gasteiger partial charge in [0.05, 0.1) is 15.5 Å². The average Bonchev–Trinajstić information content (AvgIpc) is 2.55. The molecular formula is C18H24ClN3O4. The van der Waals surface area contributed by atoms with Gasteiger partial charge in [-0.1, -0.05) is 38.8 Å². The van der Waals surface area contributed by atoms with Crippen LogP contribution in [0.4, 0.5) is 5.69 Å². The van der Waals surface area contributed by atoms with Gasteiger partial charge in [-0.15, -0.1) is 0 Å². The van der Waals surface area contributed by atoms with Crippen LogP contribution in [0.2, 0.25) is 5.02 Å². The number of carbonyl (C=O) groups excluding carboxylic acids is 2. The number of nitrogens with one attached hydrogen (secondary N) is 2. The lowest BCUT2D eigenvalue weighted by Gasteiger charge is -2.38. The first-order valence-corrected chi connectivity index (χ1v) is 9.03. The van der Waals surface area contributed by atoms with Crippen molar-refractivity contribution in [3.63, 3.8) is 0 Å². The predicted octanol–water partition coefficient (Wildman–Crippen LogP) is 3.31. The largest absolute Gasteiger partial charge is 0.354 e. The van der Waals surface area contributed by atoms with Crippen molar-refractivity contribution < 1.29 is 14.5 Å². The van der Waals surface area contributed by atoms with Gasteiger partial charge >= 0.3 is 0 Å². The number of amides is 2. The van der Waals surface area contributed by atoms with Gasteiger partial charge in [-0.3, -0.25) is 19.7 Å². The maximum atomic E-state index is 12.5. The van der Waals surface area contributed by atoms with E-state index in [-0.39, 0.29) is 33.5 Å². The maximum Gasteiger partial charge on any atom is 0.270 e. The number of halogens is 1. The zero-order valence-electron chi connectivity index (χ0n) is 15.2. The van der Waals surface area contributed by atoms with E-state index in [1.807, 2.05) is 13.8 Å².